The Hall–Kier alpha value is -2.33. The van der Waals surface area contributed by atoms with Crippen molar-refractivity contribution in [1.82, 2.24) is 4.90 Å². The molecule has 27 heavy (non-hydrogen) atoms. The smallest absolute Gasteiger partial charge is 0.154 e. The topological polar surface area (TPSA) is 61.9 Å². The molecule has 2 heterocycles. The van der Waals surface area contributed by atoms with Gasteiger partial charge in [0.15, 0.2) is 5.84 Å². The molecule has 0 radical (unpaired) electrons. The van der Waals surface area contributed by atoms with E-state index in [1.54, 1.807) is 0 Å². The third-order valence-electron chi connectivity index (χ3n) is 6.68. The van der Waals surface area contributed by atoms with Gasteiger partial charge in [0.2, 0.25) is 0 Å². The number of fused-ring (bicyclic) bond motifs is 3. The predicted molar refractivity (Wildman–Crippen MR) is 109 cm³/mol. The van der Waals surface area contributed by atoms with E-state index in [0.29, 0.717) is 6.04 Å². The summed E-state index contributed by atoms with van der Waals surface area (Å²) in [6, 6.07) is 21.2. The number of benzene rings is 2. The van der Waals surface area contributed by atoms with Crippen LogP contribution in [0.2, 0.25) is 0 Å². The van der Waals surface area contributed by atoms with Gasteiger partial charge in [0.1, 0.15) is 0 Å². The number of amidine groups is 1. The maximum Gasteiger partial charge on any atom is 0.154 e. The normalized spacial score (nSPS) is 23.5. The van der Waals surface area contributed by atoms with E-state index in [1.807, 2.05) is 36.4 Å². The molecule has 2 aromatic carbocycles. The number of oxime groups is 1. The van der Waals surface area contributed by atoms with E-state index in [-0.39, 0.29) is 5.84 Å². The van der Waals surface area contributed by atoms with E-state index in [9.17, 15) is 5.21 Å². The molecule has 3 aliphatic rings. The van der Waals surface area contributed by atoms with Gasteiger partial charge in [-0.05, 0) is 49.1 Å². The minimum Gasteiger partial charge on any atom is -0.409 e. The maximum atomic E-state index is 9.68. The van der Waals surface area contributed by atoms with Crippen molar-refractivity contribution in [2.45, 2.75) is 43.6 Å². The van der Waals surface area contributed by atoms with Crippen LogP contribution in [0.1, 0.15) is 43.2 Å². The summed E-state index contributed by atoms with van der Waals surface area (Å²) in [5.74, 6) is 1.11. The van der Waals surface area contributed by atoms with Crippen LogP contribution in [0.3, 0.4) is 0 Å². The fourth-order valence-electron chi connectivity index (χ4n) is 5.17. The molecule has 4 heteroatoms. The third kappa shape index (κ3) is 3.34. The number of nitrogens with zero attached hydrogens (tertiary/aromatic N) is 2. The van der Waals surface area contributed by atoms with Gasteiger partial charge < -0.3 is 15.8 Å². The highest BCUT2D eigenvalue weighted by Crippen LogP contribution is 2.39. The molecule has 1 saturated carbocycles. The molecule has 2 bridgehead atoms. The summed E-state index contributed by atoms with van der Waals surface area (Å²) in [6.45, 7) is 2.15. The van der Waals surface area contributed by atoms with Crippen LogP contribution in [0, 0.1) is 5.92 Å². The maximum absolute atomic E-state index is 9.68. The molecule has 0 spiro atoms. The molecule has 0 unspecified atom stereocenters. The molecule has 1 aliphatic carbocycles. The van der Waals surface area contributed by atoms with Gasteiger partial charge in [-0.2, -0.15) is 0 Å². The SMILES string of the molecule is NC(=NO)C(CCN1CC2CCC1CC2)(c1ccccc1)c1ccccc1. The fourth-order valence-corrected chi connectivity index (χ4v) is 5.17. The van der Waals surface area contributed by atoms with E-state index in [1.165, 1.54) is 32.2 Å². The molecule has 142 valence electrons. The van der Waals surface area contributed by atoms with Crippen LogP contribution in [0.4, 0.5) is 0 Å². The van der Waals surface area contributed by atoms with Crippen LogP contribution < -0.4 is 5.73 Å². The summed E-state index contributed by atoms with van der Waals surface area (Å²) in [7, 11) is 0. The molecule has 2 aliphatic heterocycles. The summed E-state index contributed by atoms with van der Waals surface area (Å²) >= 11 is 0. The first-order valence-corrected chi connectivity index (χ1v) is 10.1. The van der Waals surface area contributed by atoms with Gasteiger partial charge >= 0.3 is 0 Å². The average Bonchev–Trinajstić information content (AvgIpc) is 2.76. The number of piperidine rings is 2. The van der Waals surface area contributed by atoms with Crippen LogP contribution in [-0.4, -0.2) is 35.1 Å². The summed E-state index contributed by atoms with van der Waals surface area (Å²) < 4.78 is 0. The van der Waals surface area contributed by atoms with Crippen LogP contribution in [-0.2, 0) is 5.41 Å². The zero-order valence-electron chi connectivity index (χ0n) is 15.8. The first-order chi connectivity index (χ1) is 13.2. The van der Waals surface area contributed by atoms with Crippen molar-refractivity contribution in [3.05, 3.63) is 71.8 Å². The summed E-state index contributed by atoms with van der Waals surface area (Å²) in [5, 5.41) is 13.2. The monoisotopic (exact) mass is 363 g/mol. The van der Waals surface area contributed by atoms with Crippen LogP contribution in [0.25, 0.3) is 0 Å². The van der Waals surface area contributed by atoms with Crippen molar-refractivity contribution in [3.8, 4) is 0 Å². The predicted octanol–water partition coefficient (Wildman–Crippen LogP) is 3.98. The molecule has 5 rings (SSSR count). The Kier molecular flexibility index (Phi) is 5.17. The van der Waals surface area contributed by atoms with E-state index in [0.717, 1.165) is 30.0 Å². The Balaban J connectivity index is 1.71. The van der Waals surface area contributed by atoms with Gasteiger partial charge in [-0.15, -0.1) is 0 Å². The van der Waals surface area contributed by atoms with E-state index in [2.05, 4.69) is 34.3 Å². The number of hydrogen-bond donors (Lipinski definition) is 2. The molecule has 4 nitrogen and oxygen atoms in total. The molecule has 3 fully saturated rings. The second-order valence-corrected chi connectivity index (χ2v) is 8.04. The van der Waals surface area contributed by atoms with E-state index >= 15 is 0 Å². The largest absolute Gasteiger partial charge is 0.409 e. The van der Waals surface area contributed by atoms with Crippen LogP contribution >= 0.6 is 0 Å². The highest BCUT2D eigenvalue weighted by Gasteiger charge is 2.41. The van der Waals surface area contributed by atoms with Gasteiger partial charge in [0.05, 0.1) is 5.41 Å². The second-order valence-electron chi connectivity index (χ2n) is 8.04. The van der Waals surface area contributed by atoms with Crippen molar-refractivity contribution >= 4 is 5.84 Å². The number of rotatable bonds is 6. The molecule has 0 amide bonds. The Morgan fingerprint density at radius 1 is 0.963 bits per heavy atom. The fraction of sp³-hybridized carbons (Fsp3) is 0.435. The van der Waals surface area contributed by atoms with Gasteiger partial charge in [0.25, 0.3) is 0 Å². The lowest BCUT2D eigenvalue weighted by Gasteiger charge is -2.46. The van der Waals surface area contributed by atoms with Crippen LogP contribution in [0.15, 0.2) is 65.8 Å². The molecular weight excluding hydrogens is 334 g/mol. The van der Waals surface area contributed by atoms with E-state index < -0.39 is 5.41 Å². The van der Waals surface area contributed by atoms with Crippen molar-refractivity contribution in [2.24, 2.45) is 16.8 Å². The highest BCUT2D eigenvalue weighted by atomic mass is 16.4. The van der Waals surface area contributed by atoms with Gasteiger partial charge in [-0.3, -0.25) is 0 Å². The zero-order chi connectivity index (χ0) is 18.7. The lowest BCUT2D eigenvalue weighted by atomic mass is 9.70. The third-order valence-corrected chi connectivity index (χ3v) is 6.68. The standard InChI is InChI=1S/C23H29N3O/c24-22(25-27)23(19-7-3-1-4-8-19,20-9-5-2-6-10-20)15-16-26-17-18-11-13-21(26)14-12-18/h1-10,18,21,27H,11-17H2,(H2,24,25). The Morgan fingerprint density at radius 2 is 1.52 bits per heavy atom. The lowest BCUT2D eigenvalue weighted by Crippen LogP contribution is -2.51. The van der Waals surface area contributed by atoms with Crippen LogP contribution in [0.5, 0.6) is 0 Å². The Bertz CT molecular complexity index is 727. The zero-order valence-corrected chi connectivity index (χ0v) is 15.8. The Labute approximate surface area is 161 Å². The van der Waals surface area contributed by atoms with Gasteiger partial charge in [0, 0.05) is 19.1 Å². The summed E-state index contributed by atoms with van der Waals surface area (Å²) in [4.78, 5) is 2.64. The molecule has 2 saturated heterocycles. The van der Waals surface area contributed by atoms with Crippen molar-refractivity contribution in [2.75, 3.05) is 13.1 Å². The van der Waals surface area contributed by atoms with Crippen molar-refractivity contribution in [3.63, 3.8) is 0 Å². The Morgan fingerprint density at radius 3 is 1.96 bits per heavy atom. The van der Waals surface area contributed by atoms with Crippen molar-refractivity contribution < 1.29 is 5.21 Å². The molecule has 3 N–H and O–H groups in total. The average molecular weight is 364 g/mol. The quantitative estimate of drug-likeness (QED) is 0.353. The minimum absolute atomic E-state index is 0.266. The summed E-state index contributed by atoms with van der Waals surface area (Å²) in [5.41, 5.74) is 7.93. The molecule has 0 aromatic heterocycles. The van der Waals surface area contributed by atoms with Gasteiger partial charge in [-0.1, -0.05) is 65.8 Å². The minimum atomic E-state index is -0.617. The molecule has 2 aromatic rings. The molecule has 0 atom stereocenters. The highest BCUT2D eigenvalue weighted by molar-refractivity contribution is 5.95. The second kappa shape index (κ2) is 7.73. The van der Waals surface area contributed by atoms with E-state index in [4.69, 9.17) is 5.73 Å². The van der Waals surface area contributed by atoms with Crippen molar-refractivity contribution in [1.29, 1.82) is 0 Å². The molecular formula is C23H29N3O. The first-order valence-electron chi connectivity index (χ1n) is 10.1. The van der Waals surface area contributed by atoms with Gasteiger partial charge in [-0.25, -0.2) is 0 Å². The lowest BCUT2D eigenvalue weighted by molar-refractivity contribution is 0.0460. The number of hydrogen-bond acceptors (Lipinski definition) is 3. The first kappa shape index (κ1) is 18.1. The number of nitrogens with two attached hydrogens (primary N) is 1. The summed E-state index contributed by atoms with van der Waals surface area (Å²) in [6.07, 6.45) is 6.20.